The number of amides is 1. The van der Waals surface area contributed by atoms with Crippen molar-refractivity contribution in [3.8, 4) is 11.1 Å². The molecular weight excluding hydrogens is 429 g/mol. The fourth-order valence-electron chi connectivity index (χ4n) is 3.60. The highest BCUT2D eigenvalue weighted by Gasteiger charge is 2.30. The molecule has 3 aromatic rings. The first-order chi connectivity index (χ1) is 14.8. The van der Waals surface area contributed by atoms with E-state index < -0.39 is 17.6 Å². The second kappa shape index (κ2) is 8.80. The van der Waals surface area contributed by atoms with Crippen LogP contribution in [-0.2, 0) is 12.6 Å². The van der Waals surface area contributed by atoms with E-state index in [4.69, 9.17) is 4.42 Å². The summed E-state index contributed by atoms with van der Waals surface area (Å²) in [5.41, 5.74) is -0.0675. The van der Waals surface area contributed by atoms with Gasteiger partial charge in [-0.3, -0.25) is 10.1 Å². The van der Waals surface area contributed by atoms with Crippen molar-refractivity contribution >= 4 is 22.6 Å². The number of hydrogen-bond donors (Lipinski definition) is 1. The van der Waals surface area contributed by atoms with Gasteiger partial charge >= 0.3 is 6.18 Å². The van der Waals surface area contributed by atoms with Crippen LogP contribution >= 0.6 is 11.5 Å². The third kappa shape index (κ3) is 5.13. The van der Waals surface area contributed by atoms with Gasteiger partial charge in [0.1, 0.15) is 5.82 Å². The predicted molar refractivity (Wildman–Crippen MR) is 111 cm³/mol. The Balaban J connectivity index is 1.40. The Bertz CT molecular complexity index is 1060. The van der Waals surface area contributed by atoms with Crippen LogP contribution in [0.1, 0.15) is 41.7 Å². The third-order valence-electron chi connectivity index (χ3n) is 5.28. The Labute approximate surface area is 181 Å². The number of carbonyl (C=O) groups excluding carboxylic acids is 1. The molecule has 10 heteroatoms. The summed E-state index contributed by atoms with van der Waals surface area (Å²) in [6.45, 7) is 4.31. The summed E-state index contributed by atoms with van der Waals surface area (Å²) in [5, 5.41) is 2.99. The van der Waals surface area contributed by atoms with E-state index in [1.165, 1.54) is 37.3 Å². The van der Waals surface area contributed by atoms with Gasteiger partial charge in [-0.1, -0.05) is 12.1 Å². The highest BCUT2D eigenvalue weighted by molar-refractivity contribution is 7.09. The lowest BCUT2D eigenvalue weighted by Crippen LogP contribution is -2.32. The topological polar surface area (TPSA) is 71.3 Å². The van der Waals surface area contributed by atoms with Crippen molar-refractivity contribution in [2.24, 2.45) is 0 Å². The third-order valence-corrected chi connectivity index (χ3v) is 5.95. The van der Waals surface area contributed by atoms with Crippen LogP contribution in [-0.4, -0.2) is 39.3 Å². The highest BCUT2D eigenvalue weighted by atomic mass is 32.1. The average molecular weight is 450 g/mol. The van der Waals surface area contributed by atoms with E-state index >= 15 is 0 Å². The summed E-state index contributed by atoms with van der Waals surface area (Å²) >= 11 is 1.09. The zero-order valence-electron chi connectivity index (χ0n) is 16.8. The molecule has 1 atom stereocenters. The van der Waals surface area contributed by atoms with Crippen LogP contribution in [0.5, 0.6) is 0 Å². The van der Waals surface area contributed by atoms with Gasteiger partial charge in [0, 0.05) is 29.6 Å². The molecule has 0 aliphatic carbocycles. The second-order valence-electron chi connectivity index (χ2n) is 7.54. The molecule has 164 valence electrons. The quantitative estimate of drug-likeness (QED) is 0.566. The molecule has 1 saturated heterocycles. The molecule has 1 aliphatic heterocycles. The lowest BCUT2D eigenvalue weighted by Gasteiger charge is -2.22. The molecule has 31 heavy (non-hydrogen) atoms. The van der Waals surface area contributed by atoms with Crippen molar-refractivity contribution in [3.63, 3.8) is 0 Å². The molecule has 1 aromatic carbocycles. The molecule has 0 saturated carbocycles. The van der Waals surface area contributed by atoms with Crippen LogP contribution in [0.25, 0.3) is 11.1 Å². The van der Waals surface area contributed by atoms with Crippen molar-refractivity contribution in [2.75, 3.05) is 18.4 Å². The maximum atomic E-state index is 12.9. The van der Waals surface area contributed by atoms with Crippen LogP contribution in [0.15, 0.2) is 41.0 Å². The first-order valence-electron chi connectivity index (χ1n) is 9.94. The molecule has 4 rings (SSSR count). The van der Waals surface area contributed by atoms with Crippen LogP contribution in [0.3, 0.4) is 0 Å². The number of rotatable bonds is 6. The zero-order chi connectivity index (χ0) is 22.0. The first-order valence-corrected chi connectivity index (χ1v) is 10.7. The van der Waals surface area contributed by atoms with Crippen LogP contribution in [0.4, 0.5) is 18.3 Å². The molecule has 1 amide bonds. The van der Waals surface area contributed by atoms with Crippen molar-refractivity contribution in [3.05, 3.63) is 53.7 Å². The molecule has 0 radical (unpaired) electrons. The fraction of sp³-hybridized carbons (Fsp3) is 0.381. The van der Waals surface area contributed by atoms with Gasteiger partial charge in [0.2, 0.25) is 5.13 Å². The average Bonchev–Trinajstić information content (AvgIpc) is 3.49. The largest absolute Gasteiger partial charge is 0.459 e. The van der Waals surface area contributed by atoms with Gasteiger partial charge in [-0.15, -0.1) is 0 Å². The van der Waals surface area contributed by atoms with E-state index in [-0.39, 0.29) is 5.76 Å². The molecule has 3 heterocycles. The number of hydrogen-bond acceptors (Lipinski definition) is 6. The Kier molecular flexibility index (Phi) is 6.10. The van der Waals surface area contributed by atoms with Gasteiger partial charge in [0.15, 0.2) is 5.76 Å². The Morgan fingerprint density at radius 3 is 2.77 bits per heavy atom. The van der Waals surface area contributed by atoms with E-state index in [1.54, 1.807) is 0 Å². The second-order valence-corrected chi connectivity index (χ2v) is 8.30. The summed E-state index contributed by atoms with van der Waals surface area (Å²) < 4.78 is 48.4. The van der Waals surface area contributed by atoms with E-state index in [1.807, 2.05) is 0 Å². The maximum Gasteiger partial charge on any atom is 0.416 e. The van der Waals surface area contributed by atoms with Gasteiger partial charge in [0.25, 0.3) is 5.91 Å². The Hall–Kier alpha value is -2.72. The van der Waals surface area contributed by atoms with Gasteiger partial charge in [-0.2, -0.15) is 17.5 Å². The molecule has 1 aliphatic rings. The van der Waals surface area contributed by atoms with Gasteiger partial charge in [-0.05, 0) is 56.6 Å². The molecular formula is C21H21F3N4O2S. The van der Waals surface area contributed by atoms with Crippen molar-refractivity contribution in [1.82, 2.24) is 14.3 Å². The number of benzene rings is 1. The van der Waals surface area contributed by atoms with Crippen LogP contribution in [0.2, 0.25) is 0 Å². The van der Waals surface area contributed by atoms with Crippen molar-refractivity contribution in [2.45, 2.75) is 38.4 Å². The molecule has 2 aromatic heterocycles. The number of anilines is 1. The van der Waals surface area contributed by atoms with Gasteiger partial charge in [0.05, 0.1) is 11.8 Å². The van der Waals surface area contributed by atoms with Crippen molar-refractivity contribution in [1.29, 1.82) is 0 Å². The predicted octanol–water partition coefficient (Wildman–Crippen LogP) is 5.10. The number of nitrogens with one attached hydrogen (secondary N) is 1. The highest BCUT2D eigenvalue weighted by Crippen LogP contribution is 2.32. The monoisotopic (exact) mass is 450 g/mol. The molecule has 1 unspecified atom stereocenters. The molecule has 1 N–H and O–H groups in total. The number of alkyl halides is 3. The normalized spacial score (nSPS) is 15.9. The summed E-state index contributed by atoms with van der Waals surface area (Å²) in [7, 11) is 0. The number of carbonyl (C=O) groups is 1. The van der Waals surface area contributed by atoms with E-state index in [0.29, 0.717) is 34.5 Å². The number of nitrogens with zero attached hydrogens (tertiary/aromatic N) is 3. The zero-order valence-corrected chi connectivity index (χ0v) is 17.6. The minimum absolute atomic E-state index is 0.0189. The van der Waals surface area contributed by atoms with Gasteiger partial charge in [-0.25, -0.2) is 4.98 Å². The summed E-state index contributed by atoms with van der Waals surface area (Å²) in [4.78, 5) is 19.2. The smallest absolute Gasteiger partial charge is 0.416 e. The first kappa shape index (κ1) is 21.5. The molecule has 1 fully saturated rings. The van der Waals surface area contributed by atoms with Crippen molar-refractivity contribution < 1.29 is 22.4 Å². The van der Waals surface area contributed by atoms with E-state index in [2.05, 4.69) is 26.5 Å². The van der Waals surface area contributed by atoms with Crippen LogP contribution < -0.4 is 5.32 Å². The standard InChI is InChI=1S/C21H21F3N4O2S/c1-13(28-7-2-3-8-28)9-18-25-20(31-27-18)26-19(29)17-11-15(12-30-17)14-5-4-6-16(10-14)21(22,23)24/h4-6,10-13H,2-3,7-9H2,1H3,(H,25,26,27,29). The minimum Gasteiger partial charge on any atom is -0.459 e. The lowest BCUT2D eigenvalue weighted by atomic mass is 10.1. The number of furan rings is 1. The fourth-order valence-corrected chi connectivity index (χ4v) is 4.20. The van der Waals surface area contributed by atoms with E-state index in [0.717, 1.165) is 36.8 Å². The van der Waals surface area contributed by atoms with Gasteiger partial charge < -0.3 is 9.32 Å². The Morgan fingerprint density at radius 1 is 1.26 bits per heavy atom. The lowest BCUT2D eigenvalue weighted by molar-refractivity contribution is -0.137. The minimum atomic E-state index is -4.44. The maximum absolute atomic E-state index is 12.9. The number of likely N-dealkylation sites (tertiary alicyclic amines) is 1. The molecule has 6 nitrogen and oxygen atoms in total. The SMILES string of the molecule is CC(Cc1nsc(NC(=O)c2cc(-c3cccc(C(F)(F)F)c3)co2)n1)N1CCCC1. The summed E-state index contributed by atoms with van der Waals surface area (Å²) in [5.74, 6) is 0.118. The Morgan fingerprint density at radius 2 is 2.03 bits per heavy atom. The summed E-state index contributed by atoms with van der Waals surface area (Å²) in [6.07, 6.45) is -0.0637. The van der Waals surface area contributed by atoms with Crippen LogP contribution in [0, 0.1) is 0 Å². The number of aromatic nitrogens is 2. The number of halogens is 3. The van der Waals surface area contributed by atoms with E-state index in [9.17, 15) is 18.0 Å². The summed E-state index contributed by atoms with van der Waals surface area (Å²) in [6, 6.07) is 6.60. The molecule has 0 spiro atoms. The molecule has 0 bridgehead atoms.